The molecule has 3 aromatic rings. The van der Waals surface area contributed by atoms with Gasteiger partial charge in [0.2, 0.25) is 11.8 Å². The van der Waals surface area contributed by atoms with Gasteiger partial charge in [-0.15, -0.1) is 11.3 Å². The van der Waals surface area contributed by atoms with Crippen LogP contribution in [0.15, 0.2) is 53.9 Å². The smallest absolute Gasteiger partial charge is 0.322 e. The Bertz CT molecular complexity index is 1190. The number of amides is 2. The minimum absolute atomic E-state index is 0.0601. The zero-order valence-corrected chi connectivity index (χ0v) is 18.3. The molecule has 0 saturated heterocycles. The molecule has 166 valence electrons. The highest BCUT2D eigenvalue weighted by atomic mass is 32.1. The molecule has 5 nitrogen and oxygen atoms in total. The van der Waals surface area contributed by atoms with Gasteiger partial charge >= 0.3 is 6.18 Å². The summed E-state index contributed by atoms with van der Waals surface area (Å²) in [5, 5.41) is 4.61. The van der Waals surface area contributed by atoms with Crippen molar-refractivity contribution in [2.75, 3.05) is 10.2 Å². The van der Waals surface area contributed by atoms with Crippen LogP contribution in [0.3, 0.4) is 0 Å². The Kier molecular flexibility index (Phi) is 6.78. The lowest BCUT2D eigenvalue weighted by Gasteiger charge is -2.19. The normalized spacial score (nSPS) is 11.6. The second-order valence-corrected chi connectivity index (χ2v) is 7.93. The summed E-state index contributed by atoms with van der Waals surface area (Å²) >= 11 is 1.08. The van der Waals surface area contributed by atoms with Crippen LogP contribution in [0.25, 0.3) is 6.08 Å². The number of nitrogens with zero attached hydrogens (tertiary/aromatic N) is 2. The number of anilines is 3. The van der Waals surface area contributed by atoms with Gasteiger partial charge < -0.3 is 5.32 Å². The first-order valence-corrected chi connectivity index (χ1v) is 10.4. The van der Waals surface area contributed by atoms with Crippen LogP contribution in [0.1, 0.15) is 29.3 Å². The Morgan fingerprint density at radius 1 is 1.12 bits per heavy atom. The van der Waals surface area contributed by atoms with Crippen molar-refractivity contribution in [3.63, 3.8) is 0 Å². The van der Waals surface area contributed by atoms with Crippen molar-refractivity contribution in [3.8, 4) is 0 Å². The first kappa shape index (κ1) is 23.2. The fourth-order valence-corrected chi connectivity index (χ4v) is 3.76. The van der Waals surface area contributed by atoms with E-state index in [1.54, 1.807) is 5.38 Å². The number of rotatable bonds is 5. The van der Waals surface area contributed by atoms with Gasteiger partial charge in [0.1, 0.15) is 0 Å². The van der Waals surface area contributed by atoms with Crippen molar-refractivity contribution in [1.82, 2.24) is 4.98 Å². The summed E-state index contributed by atoms with van der Waals surface area (Å²) in [6, 6.07) is 10.2. The predicted octanol–water partition coefficient (Wildman–Crippen LogP) is 6.12. The summed E-state index contributed by atoms with van der Waals surface area (Å²) in [5.74, 6) is -0.837. The maximum atomic E-state index is 13.1. The van der Waals surface area contributed by atoms with Crippen LogP contribution in [0.5, 0.6) is 0 Å². The molecule has 0 bridgehead atoms. The number of thiazole rings is 1. The Morgan fingerprint density at radius 2 is 1.88 bits per heavy atom. The summed E-state index contributed by atoms with van der Waals surface area (Å²) in [6.07, 6.45) is -1.74. The van der Waals surface area contributed by atoms with Crippen LogP contribution in [-0.2, 0) is 15.8 Å². The van der Waals surface area contributed by atoms with Crippen LogP contribution in [0.4, 0.5) is 29.7 Å². The third kappa shape index (κ3) is 5.61. The molecule has 2 aromatic carbocycles. The molecule has 0 fully saturated rings. The number of alkyl halides is 3. The highest BCUT2D eigenvalue weighted by molar-refractivity contribution is 7.14. The van der Waals surface area contributed by atoms with Gasteiger partial charge in [0.25, 0.3) is 0 Å². The second-order valence-electron chi connectivity index (χ2n) is 7.10. The Labute approximate surface area is 187 Å². The van der Waals surface area contributed by atoms with E-state index >= 15 is 0 Å². The van der Waals surface area contributed by atoms with E-state index in [4.69, 9.17) is 0 Å². The lowest BCUT2D eigenvalue weighted by Crippen LogP contribution is -2.23. The summed E-state index contributed by atoms with van der Waals surface area (Å²) in [5.41, 5.74) is 2.24. The maximum Gasteiger partial charge on any atom is 0.416 e. The zero-order chi connectivity index (χ0) is 23.5. The van der Waals surface area contributed by atoms with Crippen LogP contribution in [-0.4, -0.2) is 16.8 Å². The summed E-state index contributed by atoms with van der Waals surface area (Å²) in [7, 11) is 0. The third-order valence-corrected chi connectivity index (χ3v) is 5.35. The van der Waals surface area contributed by atoms with Gasteiger partial charge in [0.15, 0.2) is 5.13 Å². The van der Waals surface area contributed by atoms with E-state index < -0.39 is 17.6 Å². The SMILES string of the molecule is CC(=O)N(c1cccc(C(F)(F)F)c1)c1nc(/C=C/C(=O)Nc2cc(C)ccc2C)cs1. The number of benzene rings is 2. The molecular formula is C23H20F3N3O2S. The van der Waals surface area contributed by atoms with Gasteiger partial charge in [-0.25, -0.2) is 4.98 Å². The van der Waals surface area contributed by atoms with Crippen molar-refractivity contribution in [3.05, 3.63) is 76.3 Å². The zero-order valence-electron chi connectivity index (χ0n) is 17.5. The average molecular weight is 459 g/mol. The van der Waals surface area contributed by atoms with Crippen molar-refractivity contribution < 1.29 is 22.8 Å². The molecule has 0 radical (unpaired) electrons. The molecular weight excluding hydrogens is 439 g/mol. The second kappa shape index (κ2) is 9.35. The van der Waals surface area contributed by atoms with Gasteiger partial charge in [0, 0.05) is 24.1 Å². The minimum Gasteiger partial charge on any atom is -0.322 e. The molecule has 9 heteroatoms. The molecule has 2 amide bonds. The van der Waals surface area contributed by atoms with E-state index in [9.17, 15) is 22.8 Å². The summed E-state index contributed by atoms with van der Waals surface area (Å²) < 4.78 is 39.2. The first-order valence-electron chi connectivity index (χ1n) is 9.54. The minimum atomic E-state index is -4.53. The lowest BCUT2D eigenvalue weighted by molar-refractivity contribution is -0.137. The highest BCUT2D eigenvalue weighted by Crippen LogP contribution is 2.35. The monoisotopic (exact) mass is 459 g/mol. The fraction of sp³-hybridized carbons (Fsp3) is 0.174. The van der Waals surface area contributed by atoms with E-state index in [1.807, 2.05) is 32.0 Å². The van der Waals surface area contributed by atoms with Crippen molar-refractivity contribution >= 4 is 45.7 Å². The van der Waals surface area contributed by atoms with E-state index in [0.717, 1.165) is 39.5 Å². The number of hydrogen-bond donors (Lipinski definition) is 1. The van der Waals surface area contributed by atoms with Gasteiger partial charge in [-0.2, -0.15) is 13.2 Å². The molecule has 0 spiro atoms. The Morgan fingerprint density at radius 3 is 2.56 bits per heavy atom. The topological polar surface area (TPSA) is 62.3 Å². The van der Waals surface area contributed by atoms with Crippen LogP contribution in [0, 0.1) is 13.8 Å². The average Bonchev–Trinajstić information content (AvgIpc) is 3.17. The summed E-state index contributed by atoms with van der Waals surface area (Å²) in [6.45, 7) is 5.05. The molecule has 0 saturated carbocycles. The standard InChI is InChI=1S/C23H20F3N3O2S/c1-14-7-8-15(2)20(11-14)28-21(31)10-9-18-13-32-22(27-18)29(16(3)30)19-6-4-5-17(12-19)23(24,25)26/h4-13H,1-3H3,(H,28,31)/b10-9+. The van der Waals surface area contributed by atoms with Gasteiger partial charge in [-0.05, 0) is 55.3 Å². The first-order chi connectivity index (χ1) is 15.0. The molecule has 32 heavy (non-hydrogen) atoms. The lowest BCUT2D eigenvalue weighted by atomic mass is 10.1. The molecule has 0 aliphatic carbocycles. The molecule has 1 N–H and O–H groups in total. The van der Waals surface area contributed by atoms with E-state index in [2.05, 4.69) is 10.3 Å². The summed E-state index contributed by atoms with van der Waals surface area (Å²) in [4.78, 5) is 29.8. The van der Waals surface area contributed by atoms with Crippen molar-refractivity contribution in [2.24, 2.45) is 0 Å². The van der Waals surface area contributed by atoms with Crippen LogP contribution in [0.2, 0.25) is 0 Å². The quantitative estimate of drug-likeness (QED) is 0.468. The molecule has 1 aromatic heterocycles. The number of aryl methyl sites for hydroxylation is 2. The van der Waals surface area contributed by atoms with Gasteiger partial charge in [0.05, 0.1) is 16.9 Å². The van der Waals surface area contributed by atoms with Crippen molar-refractivity contribution in [2.45, 2.75) is 26.9 Å². The Balaban J connectivity index is 1.79. The van der Waals surface area contributed by atoms with E-state index in [1.165, 1.54) is 31.2 Å². The van der Waals surface area contributed by atoms with E-state index in [-0.39, 0.29) is 16.7 Å². The Hall–Kier alpha value is -3.46. The van der Waals surface area contributed by atoms with Gasteiger partial charge in [-0.1, -0.05) is 18.2 Å². The van der Waals surface area contributed by atoms with Crippen LogP contribution >= 0.6 is 11.3 Å². The molecule has 1 heterocycles. The largest absolute Gasteiger partial charge is 0.416 e. The number of carbonyl (C=O) groups excluding carboxylic acids is 2. The number of halogens is 3. The van der Waals surface area contributed by atoms with Gasteiger partial charge in [-0.3, -0.25) is 14.5 Å². The molecule has 3 rings (SSSR count). The maximum absolute atomic E-state index is 13.1. The highest BCUT2D eigenvalue weighted by Gasteiger charge is 2.31. The number of nitrogens with one attached hydrogen (secondary N) is 1. The molecule has 0 atom stereocenters. The van der Waals surface area contributed by atoms with E-state index in [0.29, 0.717) is 11.4 Å². The molecule has 0 unspecified atom stereocenters. The fourth-order valence-electron chi connectivity index (χ4n) is 2.91. The molecule has 0 aliphatic heterocycles. The third-order valence-electron chi connectivity index (χ3n) is 4.50. The molecule has 0 aliphatic rings. The number of carbonyl (C=O) groups is 2. The number of hydrogen-bond acceptors (Lipinski definition) is 4. The number of aromatic nitrogens is 1. The predicted molar refractivity (Wildman–Crippen MR) is 120 cm³/mol. The van der Waals surface area contributed by atoms with Crippen molar-refractivity contribution in [1.29, 1.82) is 0 Å². The van der Waals surface area contributed by atoms with Crippen LogP contribution < -0.4 is 10.2 Å².